The largest absolute Gasteiger partial charge is 0.497 e. The molecule has 0 heterocycles. The summed E-state index contributed by atoms with van der Waals surface area (Å²) in [5, 5.41) is 0. The first-order chi connectivity index (χ1) is 15.6. The second-order valence-electron chi connectivity index (χ2n) is 7.66. The molecule has 0 unspecified atom stereocenters. The predicted molar refractivity (Wildman–Crippen MR) is 129 cm³/mol. The van der Waals surface area contributed by atoms with Crippen molar-refractivity contribution in [3.8, 4) is 17.2 Å². The number of hydrogen-bond acceptors (Lipinski definition) is 5. The van der Waals surface area contributed by atoms with E-state index >= 15 is 0 Å². The molecule has 0 aromatic heterocycles. The van der Waals surface area contributed by atoms with Crippen molar-refractivity contribution in [1.29, 1.82) is 0 Å². The zero-order valence-electron chi connectivity index (χ0n) is 20.0. The van der Waals surface area contributed by atoms with Crippen molar-refractivity contribution >= 4 is 5.91 Å². The van der Waals surface area contributed by atoms with Crippen LogP contribution in [0.5, 0.6) is 17.2 Å². The summed E-state index contributed by atoms with van der Waals surface area (Å²) < 4.78 is 16.8. The van der Waals surface area contributed by atoms with Gasteiger partial charge in [0.05, 0.1) is 13.7 Å². The van der Waals surface area contributed by atoms with Crippen LogP contribution in [0.25, 0.3) is 0 Å². The van der Waals surface area contributed by atoms with Crippen LogP contribution in [0.4, 0.5) is 0 Å². The lowest BCUT2D eigenvalue weighted by Crippen LogP contribution is -2.40. The van der Waals surface area contributed by atoms with Crippen molar-refractivity contribution < 1.29 is 19.0 Å². The Labute approximate surface area is 193 Å². The molecule has 6 nitrogen and oxygen atoms in total. The van der Waals surface area contributed by atoms with Gasteiger partial charge in [0.15, 0.2) is 6.61 Å². The number of rotatable bonds is 15. The second-order valence-corrected chi connectivity index (χ2v) is 7.66. The summed E-state index contributed by atoms with van der Waals surface area (Å²) in [5.74, 6) is 2.22. The number of benzene rings is 2. The van der Waals surface area contributed by atoms with Crippen LogP contribution in [0.15, 0.2) is 48.5 Å². The highest BCUT2D eigenvalue weighted by Gasteiger charge is 2.16. The minimum absolute atomic E-state index is 0.00173. The maximum Gasteiger partial charge on any atom is 0.260 e. The number of nitrogens with zero attached hydrogens (tertiary/aromatic N) is 2. The molecule has 2 aromatic rings. The van der Waals surface area contributed by atoms with Gasteiger partial charge in [-0.2, -0.15) is 0 Å². The van der Waals surface area contributed by atoms with Crippen LogP contribution >= 0.6 is 0 Å². The summed E-state index contributed by atoms with van der Waals surface area (Å²) in [6.07, 6.45) is 2.13. The van der Waals surface area contributed by atoms with E-state index in [1.165, 1.54) is 0 Å². The normalized spacial score (nSPS) is 10.8. The zero-order chi connectivity index (χ0) is 23.2. The van der Waals surface area contributed by atoms with Gasteiger partial charge in [-0.15, -0.1) is 0 Å². The van der Waals surface area contributed by atoms with Crippen molar-refractivity contribution in [1.82, 2.24) is 9.80 Å². The fourth-order valence-electron chi connectivity index (χ4n) is 3.29. The van der Waals surface area contributed by atoms with Crippen LogP contribution in [0.3, 0.4) is 0 Å². The molecule has 0 fully saturated rings. The molecule has 0 saturated heterocycles. The van der Waals surface area contributed by atoms with Crippen LogP contribution in [0, 0.1) is 0 Å². The lowest BCUT2D eigenvalue weighted by atomic mass is 10.2. The molecule has 0 bridgehead atoms. The summed E-state index contributed by atoms with van der Waals surface area (Å²) in [6.45, 7) is 11.0. The van der Waals surface area contributed by atoms with E-state index < -0.39 is 0 Å². The summed E-state index contributed by atoms with van der Waals surface area (Å²) >= 11 is 0. The first-order valence-corrected chi connectivity index (χ1v) is 11.6. The Morgan fingerprint density at radius 1 is 0.875 bits per heavy atom. The summed E-state index contributed by atoms with van der Waals surface area (Å²) in [6, 6.07) is 15.3. The van der Waals surface area contributed by atoms with Gasteiger partial charge in [0, 0.05) is 19.6 Å². The van der Waals surface area contributed by atoms with Gasteiger partial charge >= 0.3 is 0 Å². The minimum atomic E-state index is -0.0387. The highest BCUT2D eigenvalue weighted by atomic mass is 16.5. The highest BCUT2D eigenvalue weighted by Crippen LogP contribution is 2.19. The van der Waals surface area contributed by atoms with E-state index in [1.54, 1.807) is 7.11 Å². The number of ether oxygens (including phenoxy) is 3. The van der Waals surface area contributed by atoms with E-state index in [0.717, 1.165) is 49.5 Å². The highest BCUT2D eigenvalue weighted by molar-refractivity contribution is 5.77. The molecule has 0 spiro atoms. The standard InChI is InChI=1S/C26H38N2O4/c1-5-8-18-31-23-12-14-24(15-13-23)32-21-26(29)28(17-16-27(6-2)7-3)20-22-10-9-11-25(19-22)30-4/h9-15,19H,5-8,16-18,20-21H2,1-4H3. The molecule has 0 saturated carbocycles. The van der Waals surface area contributed by atoms with Gasteiger partial charge < -0.3 is 24.0 Å². The summed E-state index contributed by atoms with van der Waals surface area (Å²) in [4.78, 5) is 17.2. The van der Waals surface area contributed by atoms with E-state index in [0.29, 0.717) is 25.4 Å². The van der Waals surface area contributed by atoms with E-state index in [-0.39, 0.29) is 12.5 Å². The lowest BCUT2D eigenvalue weighted by molar-refractivity contribution is -0.134. The molecule has 32 heavy (non-hydrogen) atoms. The third kappa shape index (κ3) is 8.79. The number of unbranched alkanes of at least 4 members (excludes halogenated alkanes) is 1. The van der Waals surface area contributed by atoms with E-state index in [9.17, 15) is 4.79 Å². The van der Waals surface area contributed by atoms with Crippen LogP contribution in [0.1, 0.15) is 39.2 Å². The Hall–Kier alpha value is -2.73. The quantitative estimate of drug-likeness (QED) is 0.377. The Morgan fingerprint density at radius 3 is 2.19 bits per heavy atom. The van der Waals surface area contributed by atoms with Gasteiger partial charge in [0.2, 0.25) is 0 Å². The van der Waals surface area contributed by atoms with Crippen LogP contribution in [0.2, 0.25) is 0 Å². The Bertz CT molecular complexity index is 791. The van der Waals surface area contributed by atoms with Gasteiger partial charge in [-0.1, -0.05) is 39.3 Å². The third-order valence-electron chi connectivity index (χ3n) is 5.39. The van der Waals surface area contributed by atoms with E-state index in [1.807, 2.05) is 53.4 Å². The van der Waals surface area contributed by atoms with Gasteiger partial charge in [-0.3, -0.25) is 4.79 Å². The van der Waals surface area contributed by atoms with Crippen LogP contribution in [-0.2, 0) is 11.3 Å². The van der Waals surface area contributed by atoms with Gasteiger partial charge in [0.1, 0.15) is 17.2 Å². The molecule has 0 atom stereocenters. The number of hydrogen-bond donors (Lipinski definition) is 0. The number of carbonyl (C=O) groups excluding carboxylic acids is 1. The number of likely N-dealkylation sites (N-methyl/N-ethyl adjacent to an activating group) is 1. The fourth-order valence-corrected chi connectivity index (χ4v) is 3.29. The van der Waals surface area contributed by atoms with Crippen molar-refractivity contribution in [3.63, 3.8) is 0 Å². The summed E-state index contributed by atoms with van der Waals surface area (Å²) in [5.41, 5.74) is 1.03. The molecule has 0 N–H and O–H groups in total. The Morgan fingerprint density at radius 2 is 1.56 bits per heavy atom. The maximum atomic E-state index is 13.0. The van der Waals surface area contributed by atoms with Gasteiger partial charge in [0.25, 0.3) is 5.91 Å². The molecule has 1 amide bonds. The maximum absolute atomic E-state index is 13.0. The SMILES string of the molecule is CCCCOc1ccc(OCC(=O)N(CCN(CC)CC)Cc2cccc(OC)c2)cc1. The molecular weight excluding hydrogens is 404 g/mol. The average molecular weight is 443 g/mol. The molecule has 0 radical (unpaired) electrons. The second kappa shape index (κ2) is 14.4. The molecule has 2 rings (SSSR count). The van der Waals surface area contributed by atoms with Gasteiger partial charge in [-0.05, 0) is 61.5 Å². The van der Waals surface area contributed by atoms with Crippen molar-refractivity contribution in [3.05, 3.63) is 54.1 Å². The third-order valence-corrected chi connectivity index (χ3v) is 5.39. The number of methoxy groups -OCH3 is 1. The molecule has 0 aliphatic heterocycles. The van der Waals surface area contributed by atoms with E-state index in [4.69, 9.17) is 14.2 Å². The number of carbonyl (C=O) groups is 1. The summed E-state index contributed by atoms with van der Waals surface area (Å²) in [7, 11) is 1.65. The Balaban J connectivity index is 1.98. The van der Waals surface area contributed by atoms with Crippen LogP contribution < -0.4 is 14.2 Å². The fraction of sp³-hybridized carbons (Fsp3) is 0.500. The molecule has 0 aliphatic rings. The molecule has 2 aromatic carbocycles. The molecule has 6 heteroatoms. The van der Waals surface area contributed by atoms with Crippen LogP contribution in [-0.4, -0.2) is 62.2 Å². The molecule has 176 valence electrons. The first-order valence-electron chi connectivity index (χ1n) is 11.6. The monoisotopic (exact) mass is 442 g/mol. The van der Waals surface area contributed by atoms with Crippen molar-refractivity contribution in [2.75, 3.05) is 46.5 Å². The molecule has 0 aliphatic carbocycles. The number of amides is 1. The van der Waals surface area contributed by atoms with Gasteiger partial charge in [-0.25, -0.2) is 0 Å². The predicted octanol–water partition coefficient (Wildman–Crippen LogP) is 4.62. The molecular formula is C26H38N2O4. The van der Waals surface area contributed by atoms with Crippen molar-refractivity contribution in [2.45, 2.75) is 40.2 Å². The Kier molecular flexibility index (Phi) is 11.5. The smallest absolute Gasteiger partial charge is 0.260 e. The zero-order valence-corrected chi connectivity index (χ0v) is 20.0. The topological polar surface area (TPSA) is 51.2 Å². The van der Waals surface area contributed by atoms with E-state index in [2.05, 4.69) is 25.7 Å². The van der Waals surface area contributed by atoms with Crippen molar-refractivity contribution in [2.24, 2.45) is 0 Å². The minimum Gasteiger partial charge on any atom is -0.497 e. The first kappa shape index (κ1) is 25.5. The lowest BCUT2D eigenvalue weighted by Gasteiger charge is -2.27. The average Bonchev–Trinajstić information content (AvgIpc) is 2.83.